The highest BCUT2D eigenvalue weighted by Crippen LogP contribution is 2.00. The molecule has 0 aromatic carbocycles. The van der Waals surface area contributed by atoms with Gasteiger partial charge < -0.3 is 14.5 Å². The fourth-order valence-corrected chi connectivity index (χ4v) is 1.23. The molecule has 0 bridgehead atoms. The van der Waals surface area contributed by atoms with Gasteiger partial charge >= 0.3 is 0 Å². The normalized spacial score (nSPS) is 11.4. The average Bonchev–Trinajstić information content (AvgIpc) is 2.17. The van der Waals surface area contributed by atoms with E-state index in [9.17, 15) is 4.79 Å². The van der Waals surface area contributed by atoms with Crippen LogP contribution in [0.2, 0.25) is 0 Å². The first-order valence-corrected chi connectivity index (χ1v) is 5.72. The zero-order chi connectivity index (χ0) is 12.6. The summed E-state index contributed by atoms with van der Waals surface area (Å²) in [4.78, 5) is 15.7. The second kappa shape index (κ2) is 8.16. The SMILES string of the molecule is CCOC=CC(=O)N(CCN(C)C)C(C)C. The molecule has 0 aliphatic carbocycles. The molecule has 16 heavy (non-hydrogen) atoms. The first-order chi connectivity index (χ1) is 7.49. The maximum atomic E-state index is 11.8. The molecule has 0 aromatic heterocycles. The first-order valence-electron chi connectivity index (χ1n) is 5.72. The predicted octanol–water partition coefficient (Wildman–Crippen LogP) is 1.34. The van der Waals surface area contributed by atoms with Crippen molar-refractivity contribution in [3.63, 3.8) is 0 Å². The molecule has 4 nitrogen and oxygen atoms in total. The lowest BCUT2D eigenvalue weighted by Crippen LogP contribution is -2.40. The molecular weight excluding hydrogens is 204 g/mol. The van der Waals surface area contributed by atoms with Crippen molar-refractivity contribution in [2.75, 3.05) is 33.8 Å². The van der Waals surface area contributed by atoms with Crippen LogP contribution in [0.1, 0.15) is 20.8 Å². The second-order valence-electron chi connectivity index (χ2n) is 4.19. The Bertz CT molecular complexity index is 225. The van der Waals surface area contributed by atoms with Crippen LogP contribution in [0, 0.1) is 0 Å². The Balaban J connectivity index is 4.24. The van der Waals surface area contributed by atoms with Gasteiger partial charge in [-0.05, 0) is 34.9 Å². The van der Waals surface area contributed by atoms with Crippen LogP contribution in [-0.4, -0.2) is 55.5 Å². The molecule has 0 rings (SSSR count). The number of hydrogen-bond acceptors (Lipinski definition) is 3. The predicted molar refractivity (Wildman–Crippen MR) is 66.2 cm³/mol. The Morgan fingerprint density at radius 2 is 1.94 bits per heavy atom. The van der Waals surface area contributed by atoms with Crippen LogP contribution >= 0.6 is 0 Å². The van der Waals surface area contributed by atoms with Gasteiger partial charge in [0.2, 0.25) is 5.91 Å². The van der Waals surface area contributed by atoms with Gasteiger partial charge in [0, 0.05) is 25.2 Å². The highest BCUT2D eigenvalue weighted by atomic mass is 16.5. The van der Waals surface area contributed by atoms with Crippen molar-refractivity contribution >= 4 is 5.91 Å². The molecule has 0 N–H and O–H groups in total. The molecular formula is C12H24N2O2. The molecule has 0 saturated carbocycles. The lowest BCUT2D eigenvalue weighted by Gasteiger charge is -2.26. The molecule has 4 heteroatoms. The van der Waals surface area contributed by atoms with Gasteiger partial charge in [0.15, 0.2) is 0 Å². The summed E-state index contributed by atoms with van der Waals surface area (Å²) >= 11 is 0. The average molecular weight is 228 g/mol. The third-order valence-corrected chi connectivity index (χ3v) is 2.17. The largest absolute Gasteiger partial charge is 0.501 e. The summed E-state index contributed by atoms with van der Waals surface area (Å²) in [6, 6.07) is 0.207. The smallest absolute Gasteiger partial charge is 0.249 e. The van der Waals surface area contributed by atoms with E-state index in [4.69, 9.17) is 4.74 Å². The number of carbonyl (C=O) groups is 1. The van der Waals surface area contributed by atoms with Gasteiger partial charge in [0.25, 0.3) is 0 Å². The number of amides is 1. The van der Waals surface area contributed by atoms with E-state index in [1.54, 1.807) is 0 Å². The van der Waals surface area contributed by atoms with E-state index in [0.717, 1.165) is 13.1 Å². The zero-order valence-corrected chi connectivity index (χ0v) is 11.1. The van der Waals surface area contributed by atoms with Gasteiger partial charge in [-0.25, -0.2) is 0 Å². The van der Waals surface area contributed by atoms with Gasteiger partial charge in [-0.15, -0.1) is 0 Å². The molecule has 0 unspecified atom stereocenters. The molecule has 0 spiro atoms. The number of nitrogens with zero attached hydrogens (tertiary/aromatic N) is 2. The Kier molecular flexibility index (Phi) is 7.64. The molecule has 94 valence electrons. The van der Waals surface area contributed by atoms with E-state index in [0.29, 0.717) is 6.61 Å². The van der Waals surface area contributed by atoms with E-state index in [-0.39, 0.29) is 11.9 Å². The van der Waals surface area contributed by atoms with Crippen molar-refractivity contribution in [2.45, 2.75) is 26.8 Å². The number of ether oxygens (including phenoxy) is 1. The molecule has 0 heterocycles. The van der Waals surface area contributed by atoms with Crippen LogP contribution in [0.3, 0.4) is 0 Å². The Morgan fingerprint density at radius 1 is 1.31 bits per heavy atom. The third kappa shape index (κ3) is 6.45. The molecule has 0 saturated heterocycles. The minimum Gasteiger partial charge on any atom is -0.501 e. The summed E-state index contributed by atoms with van der Waals surface area (Å²) in [6.45, 7) is 8.11. The van der Waals surface area contributed by atoms with Crippen molar-refractivity contribution < 1.29 is 9.53 Å². The summed E-state index contributed by atoms with van der Waals surface area (Å²) in [7, 11) is 4.00. The monoisotopic (exact) mass is 228 g/mol. The molecule has 0 aliphatic rings. The van der Waals surface area contributed by atoms with Crippen molar-refractivity contribution in [1.82, 2.24) is 9.80 Å². The van der Waals surface area contributed by atoms with E-state index < -0.39 is 0 Å². The molecule has 0 aliphatic heterocycles. The van der Waals surface area contributed by atoms with Gasteiger partial charge in [-0.1, -0.05) is 0 Å². The Hall–Kier alpha value is -1.03. The maximum Gasteiger partial charge on any atom is 0.249 e. The van der Waals surface area contributed by atoms with Crippen LogP contribution < -0.4 is 0 Å². The van der Waals surface area contributed by atoms with Gasteiger partial charge in [-0.2, -0.15) is 0 Å². The molecule has 0 atom stereocenters. The lowest BCUT2D eigenvalue weighted by molar-refractivity contribution is -0.127. The highest BCUT2D eigenvalue weighted by Gasteiger charge is 2.14. The number of rotatable bonds is 7. The molecule has 0 radical (unpaired) electrons. The third-order valence-electron chi connectivity index (χ3n) is 2.17. The highest BCUT2D eigenvalue weighted by molar-refractivity contribution is 5.87. The fourth-order valence-electron chi connectivity index (χ4n) is 1.23. The van der Waals surface area contributed by atoms with E-state index in [1.165, 1.54) is 12.3 Å². The zero-order valence-electron chi connectivity index (χ0n) is 11.1. The van der Waals surface area contributed by atoms with Crippen molar-refractivity contribution in [1.29, 1.82) is 0 Å². The van der Waals surface area contributed by atoms with Crippen molar-refractivity contribution in [2.24, 2.45) is 0 Å². The van der Waals surface area contributed by atoms with E-state index >= 15 is 0 Å². The second-order valence-corrected chi connectivity index (χ2v) is 4.19. The van der Waals surface area contributed by atoms with Crippen LogP contribution in [-0.2, 0) is 9.53 Å². The topological polar surface area (TPSA) is 32.8 Å². The van der Waals surface area contributed by atoms with Crippen molar-refractivity contribution in [3.8, 4) is 0 Å². The standard InChI is InChI=1S/C12H24N2O2/c1-6-16-10-7-12(15)14(11(2)3)9-8-13(4)5/h7,10-11H,6,8-9H2,1-5H3. The van der Waals surface area contributed by atoms with E-state index in [2.05, 4.69) is 4.90 Å². The fraction of sp³-hybridized carbons (Fsp3) is 0.750. The molecule has 0 fully saturated rings. The summed E-state index contributed by atoms with van der Waals surface area (Å²) in [5.41, 5.74) is 0. The first kappa shape index (κ1) is 15.0. The van der Waals surface area contributed by atoms with Crippen LogP contribution in [0.4, 0.5) is 0 Å². The number of carbonyl (C=O) groups excluding carboxylic acids is 1. The Morgan fingerprint density at radius 3 is 2.38 bits per heavy atom. The molecule has 1 amide bonds. The molecule has 0 aromatic rings. The van der Waals surface area contributed by atoms with Gasteiger partial charge in [-0.3, -0.25) is 4.79 Å². The Labute approximate surface area is 98.9 Å². The van der Waals surface area contributed by atoms with Gasteiger partial charge in [0.1, 0.15) is 0 Å². The van der Waals surface area contributed by atoms with Crippen molar-refractivity contribution in [3.05, 3.63) is 12.3 Å². The summed E-state index contributed by atoms with van der Waals surface area (Å²) in [5, 5.41) is 0. The lowest BCUT2D eigenvalue weighted by atomic mass is 10.3. The minimum atomic E-state index is 0.00491. The van der Waals surface area contributed by atoms with Crippen LogP contribution in [0.15, 0.2) is 12.3 Å². The quantitative estimate of drug-likeness (QED) is 0.487. The minimum absolute atomic E-state index is 0.00491. The summed E-state index contributed by atoms with van der Waals surface area (Å²) in [6.07, 6.45) is 2.95. The van der Waals surface area contributed by atoms with Crippen LogP contribution in [0.25, 0.3) is 0 Å². The number of likely N-dealkylation sites (N-methyl/N-ethyl adjacent to an activating group) is 1. The summed E-state index contributed by atoms with van der Waals surface area (Å²) < 4.78 is 5.02. The number of hydrogen-bond donors (Lipinski definition) is 0. The van der Waals surface area contributed by atoms with Gasteiger partial charge in [0.05, 0.1) is 12.9 Å². The maximum absolute atomic E-state index is 11.8. The van der Waals surface area contributed by atoms with Crippen LogP contribution in [0.5, 0.6) is 0 Å². The van der Waals surface area contributed by atoms with E-state index in [1.807, 2.05) is 39.8 Å². The summed E-state index contributed by atoms with van der Waals surface area (Å²) in [5.74, 6) is 0.00491.